The van der Waals surface area contributed by atoms with Gasteiger partial charge in [-0.2, -0.15) is 5.26 Å². The van der Waals surface area contributed by atoms with Crippen LogP contribution in [0.4, 0.5) is 0 Å². The van der Waals surface area contributed by atoms with Crippen LogP contribution < -0.4 is 0 Å². The van der Waals surface area contributed by atoms with Crippen molar-refractivity contribution < 1.29 is 0 Å². The fraction of sp³-hybridized carbons (Fsp3) is 0.333. The Labute approximate surface area is 83.9 Å². The van der Waals surface area contributed by atoms with Crippen molar-refractivity contribution in [1.82, 2.24) is 0 Å². The molecule has 14 heavy (non-hydrogen) atoms. The van der Waals surface area contributed by atoms with Crippen LogP contribution in [0, 0.1) is 17.2 Å². The van der Waals surface area contributed by atoms with E-state index in [-0.39, 0.29) is 12.0 Å². The summed E-state index contributed by atoms with van der Waals surface area (Å²) in [5, 5.41) is 8.88. The summed E-state index contributed by atoms with van der Waals surface area (Å²) < 4.78 is 0. The average molecular weight is 184 g/mol. The average Bonchev–Trinajstić information content (AvgIpc) is 2.61. The molecule has 1 aromatic rings. The van der Waals surface area contributed by atoms with Crippen LogP contribution >= 0.6 is 0 Å². The van der Waals surface area contributed by atoms with E-state index < -0.39 is 0 Å². The van der Waals surface area contributed by atoms with Crippen LogP contribution in [0.5, 0.6) is 0 Å². The van der Waals surface area contributed by atoms with Gasteiger partial charge in [0.05, 0.1) is 18.0 Å². The third-order valence-corrected chi connectivity index (χ3v) is 2.63. The molecular weight excluding hydrogens is 172 g/mol. The van der Waals surface area contributed by atoms with Crippen LogP contribution in [0.15, 0.2) is 35.3 Å². The van der Waals surface area contributed by atoms with Crippen molar-refractivity contribution in [2.75, 3.05) is 0 Å². The summed E-state index contributed by atoms with van der Waals surface area (Å²) in [6.45, 7) is 2.00. The van der Waals surface area contributed by atoms with Gasteiger partial charge in [0.15, 0.2) is 0 Å². The van der Waals surface area contributed by atoms with Crippen molar-refractivity contribution in [3.63, 3.8) is 0 Å². The molecule has 0 N–H and O–H groups in total. The molecule has 0 fully saturated rings. The lowest BCUT2D eigenvalue weighted by atomic mass is 9.98. The van der Waals surface area contributed by atoms with Gasteiger partial charge in [-0.05, 0) is 12.5 Å². The molecule has 1 aliphatic rings. The summed E-state index contributed by atoms with van der Waals surface area (Å²) in [6.07, 6.45) is 0.793. The van der Waals surface area contributed by atoms with Crippen LogP contribution in [0.1, 0.15) is 18.9 Å². The molecule has 1 aliphatic heterocycles. The van der Waals surface area contributed by atoms with Gasteiger partial charge >= 0.3 is 0 Å². The van der Waals surface area contributed by atoms with Gasteiger partial charge in [-0.3, -0.25) is 4.99 Å². The van der Waals surface area contributed by atoms with Crippen LogP contribution in [0.25, 0.3) is 0 Å². The Kier molecular flexibility index (Phi) is 2.32. The fourth-order valence-corrected chi connectivity index (χ4v) is 1.74. The number of hydrogen-bond acceptors (Lipinski definition) is 2. The van der Waals surface area contributed by atoms with Crippen LogP contribution in [-0.4, -0.2) is 11.8 Å². The first-order chi connectivity index (χ1) is 6.81. The minimum atomic E-state index is 0.0604. The topological polar surface area (TPSA) is 36.1 Å². The predicted octanol–water partition coefficient (Wildman–Crippen LogP) is 2.41. The Morgan fingerprint density at radius 2 is 2.07 bits per heavy atom. The van der Waals surface area contributed by atoms with Crippen molar-refractivity contribution >= 4 is 5.71 Å². The highest BCUT2D eigenvalue weighted by Crippen LogP contribution is 2.23. The highest BCUT2D eigenvalue weighted by atomic mass is 14.8. The molecule has 0 aromatic heterocycles. The molecule has 0 radical (unpaired) electrons. The van der Waals surface area contributed by atoms with E-state index in [0.717, 1.165) is 17.7 Å². The van der Waals surface area contributed by atoms with Crippen molar-refractivity contribution in [2.24, 2.45) is 10.9 Å². The lowest BCUT2D eigenvalue weighted by Crippen LogP contribution is -2.06. The number of aliphatic imine (C=N–C) groups is 1. The number of nitriles is 1. The zero-order valence-electron chi connectivity index (χ0n) is 8.14. The van der Waals surface area contributed by atoms with Crippen molar-refractivity contribution in [3.8, 4) is 6.07 Å². The van der Waals surface area contributed by atoms with Gasteiger partial charge in [-0.15, -0.1) is 0 Å². The van der Waals surface area contributed by atoms with Crippen molar-refractivity contribution in [2.45, 2.75) is 19.4 Å². The lowest BCUT2D eigenvalue weighted by Gasteiger charge is -2.01. The molecule has 2 unspecified atom stereocenters. The van der Waals surface area contributed by atoms with Crippen molar-refractivity contribution in [1.29, 1.82) is 5.26 Å². The molecule has 2 heteroatoms. The van der Waals surface area contributed by atoms with Crippen LogP contribution in [0.3, 0.4) is 0 Å². The SMILES string of the molecule is CC1N=C(c2ccccc2)CC1C#N. The van der Waals surface area contributed by atoms with E-state index >= 15 is 0 Å². The highest BCUT2D eigenvalue weighted by Gasteiger charge is 2.25. The quantitative estimate of drug-likeness (QED) is 0.660. The largest absolute Gasteiger partial charge is 0.285 e. The molecule has 0 saturated heterocycles. The second-order valence-corrected chi connectivity index (χ2v) is 3.62. The number of benzene rings is 1. The second kappa shape index (κ2) is 3.63. The van der Waals surface area contributed by atoms with E-state index in [4.69, 9.17) is 5.26 Å². The molecule has 2 nitrogen and oxygen atoms in total. The fourth-order valence-electron chi connectivity index (χ4n) is 1.74. The van der Waals surface area contributed by atoms with Gasteiger partial charge < -0.3 is 0 Å². The minimum Gasteiger partial charge on any atom is -0.285 e. The van der Waals surface area contributed by atoms with Gasteiger partial charge in [-0.25, -0.2) is 0 Å². The Hall–Kier alpha value is -1.62. The van der Waals surface area contributed by atoms with Crippen molar-refractivity contribution in [3.05, 3.63) is 35.9 Å². The predicted molar refractivity (Wildman–Crippen MR) is 56.2 cm³/mol. The van der Waals surface area contributed by atoms with E-state index in [0.29, 0.717) is 0 Å². The molecule has 0 amide bonds. The summed E-state index contributed by atoms with van der Waals surface area (Å²) in [5.74, 6) is 0.0604. The number of nitrogens with zero attached hydrogens (tertiary/aromatic N) is 2. The molecule has 1 heterocycles. The first kappa shape index (κ1) is 8.96. The second-order valence-electron chi connectivity index (χ2n) is 3.62. The van der Waals surface area contributed by atoms with E-state index in [1.54, 1.807) is 0 Å². The Bertz CT molecular complexity index is 387. The summed E-state index contributed by atoms with van der Waals surface area (Å²) in [5.41, 5.74) is 2.22. The maximum absolute atomic E-state index is 8.88. The van der Waals surface area contributed by atoms with E-state index in [9.17, 15) is 0 Å². The first-order valence-electron chi connectivity index (χ1n) is 4.83. The Morgan fingerprint density at radius 1 is 1.36 bits per heavy atom. The molecule has 0 spiro atoms. The zero-order valence-corrected chi connectivity index (χ0v) is 8.14. The molecule has 0 aliphatic carbocycles. The summed E-state index contributed by atoms with van der Waals surface area (Å²) in [4.78, 5) is 4.51. The van der Waals surface area contributed by atoms with Gasteiger partial charge in [0.25, 0.3) is 0 Å². The summed E-state index contributed by atoms with van der Waals surface area (Å²) >= 11 is 0. The first-order valence-corrected chi connectivity index (χ1v) is 4.83. The van der Waals surface area contributed by atoms with Gasteiger partial charge in [0, 0.05) is 12.1 Å². The van der Waals surface area contributed by atoms with E-state index in [2.05, 4.69) is 11.1 Å². The third kappa shape index (κ3) is 1.54. The number of rotatable bonds is 1. The molecule has 1 aromatic carbocycles. The monoisotopic (exact) mass is 184 g/mol. The summed E-state index contributed by atoms with van der Waals surface area (Å²) in [7, 11) is 0. The lowest BCUT2D eigenvalue weighted by molar-refractivity contribution is 0.608. The van der Waals surface area contributed by atoms with Gasteiger partial charge in [0.1, 0.15) is 0 Å². The minimum absolute atomic E-state index is 0.0604. The molecular formula is C12H12N2. The Morgan fingerprint density at radius 3 is 2.64 bits per heavy atom. The maximum atomic E-state index is 8.88. The Balaban J connectivity index is 2.24. The van der Waals surface area contributed by atoms with E-state index in [1.807, 2.05) is 37.3 Å². The smallest absolute Gasteiger partial charge is 0.0739 e. The van der Waals surface area contributed by atoms with Gasteiger partial charge in [0.2, 0.25) is 0 Å². The molecule has 2 atom stereocenters. The highest BCUT2D eigenvalue weighted by molar-refractivity contribution is 6.02. The van der Waals surface area contributed by atoms with Crippen LogP contribution in [0.2, 0.25) is 0 Å². The summed E-state index contributed by atoms with van der Waals surface area (Å²) in [6, 6.07) is 12.5. The molecule has 70 valence electrons. The van der Waals surface area contributed by atoms with Crippen LogP contribution in [-0.2, 0) is 0 Å². The third-order valence-electron chi connectivity index (χ3n) is 2.63. The van der Waals surface area contributed by atoms with E-state index in [1.165, 1.54) is 0 Å². The normalized spacial score (nSPS) is 25.6. The molecule has 2 rings (SSSR count). The molecule has 0 saturated carbocycles. The zero-order chi connectivity index (χ0) is 9.97. The number of hydrogen-bond donors (Lipinski definition) is 0. The van der Waals surface area contributed by atoms with Gasteiger partial charge in [-0.1, -0.05) is 30.3 Å². The molecule has 0 bridgehead atoms. The maximum Gasteiger partial charge on any atom is 0.0739 e. The standard InChI is InChI=1S/C12H12N2/c1-9-11(8-13)7-12(14-9)10-5-3-2-4-6-10/h2-6,9,11H,7H2,1H3.